The van der Waals surface area contributed by atoms with E-state index >= 15 is 0 Å². The second-order valence-electron chi connectivity index (χ2n) is 4.57. The molecule has 1 aromatic carbocycles. The molecule has 1 aliphatic carbocycles. The standard InChI is InChI=1S/C14H14N2O2S/c1-18-11-5-3-2-4-10(11)14(6-7-14)12-8-15-13(19-12)16-9-17/h2-5,8-9H,6-7H2,1H3,(H,15,16,17). The van der Waals surface area contributed by atoms with Gasteiger partial charge in [0, 0.05) is 22.1 Å². The second kappa shape index (κ2) is 4.66. The molecule has 1 N–H and O–H groups in total. The molecule has 3 rings (SSSR count). The first kappa shape index (κ1) is 12.2. The van der Waals surface area contributed by atoms with Crippen molar-refractivity contribution in [2.24, 2.45) is 0 Å². The topological polar surface area (TPSA) is 51.2 Å². The molecule has 0 radical (unpaired) electrons. The van der Waals surface area contributed by atoms with Crippen LogP contribution in [0.5, 0.6) is 5.75 Å². The van der Waals surface area contributed by atoms with E-state index in [1.807, 2.05) is 24.4 Å². The molecule has 1 aromatic heterocycles. The fourth-order valence-electron chi connectivity index (χ4n) is 2.43. The quantitative estimate of drug-likeness (QED) is 0.853. The number of thiazole rings is 1. The van der Waals surface area contributed by atoms with Crippen molar-refractivity contribution in [2.45, 2.75) is 18.3 Å². The Labute approximate surface area is 115 Å². The number of benzene rings is 1. The summed E-state index contributed by atoms with van der Waals surface area (Å²) in [6, 6.07) is 8.10. The van der Waals surface area contributed by atoms with E-state index < -0.39 is 0 Å². The summed E-state index contributed by atoms with van der Waals surface area (Å²) < 4.78 is 5.46. The maximum Gasteiger partial charge on any atom is 0.213 e. The van der Waals surface area contributed by atoms with E-state index in [0.717, 1.165) is 18.6 Å². The lowest BCUT2D eigenvalue weighted by atomic mass is 9.94. The van der Waals surface area contributed by atoms with Gasteiger partial charge in [-0.25, -0.2) is 4.98 Å². The minimum atomic E-state index is 0.0209. The van der Waals surface area contributed by atoms with Crippen LogP contribution in [0.15, 0.2) is 30.5 Å². The van der Waals surface area contributed by atoms with Gasteiger partial charge in [-0.1, -0.05) is 18.2 Å². The zero-order valence-electron chi connectivity index (χ0n) is 10.6. The number of methoxy groups -OCH3 is 1. The number of anilines is 1. The molecule has 1 fully saturated rings. The first-order chi connectivity index (χ1) is 9.30. The fraction of sp³-hybridized carbons (Fsp3) is 0.286. The van der Waals surface area contributed by atoms with Gasteiger partial charge in [0.05, 0.1) is 7.11 Å². The number of aromatic nitrogens is 1. The number of nitrogens with zero attached hydrogens (tertiary/aromatic N) is 1. The number of hydrogen-bond acceptors (Lipinski definition) is 4. The summed E-state index contributed by atoms with van der Waals surface area (Å²) in [6.07, 6.45) is 4.70. The highest BCUT2D eigenvalue weighted by molar-refractivity contribution is 7.15. The van der Waals surface area contributed by atoms with Gasteiger partial charge in [-0.05, 0) is 18.9 Å². The Morgan fingerprint density at radius 1 is 1.42 bits per heavy atom. The first-order valence-electron chi connectivity index (χ1n) is 6.10. The zero-order valence-corrected chi connectivity index (χ0v) is 11.4. The lowest BCUT2D eigenvalue weighted by molar-refractivity contribution is -0.105. The number of amides is 1. The summed E-state index contributed by atoms with van der Waals surface area (Å²) in [5, 5.41) is 3.25. The molecule has 1 heterocycles. The molecule has 0 aliphatic heterocycles. The van der Waals surface area contributed by atoms with Gasteiger partial charge in [-0.3, -0.25) is 4.79 Å². The molecule has 5 heteroatoms. The van der Waals surface area contributed by atoms with Crippen molar-refractivity contribution in [3.63, 3.8) is 0 Å². The van der Waals surface area contributed by atoms with Gasteiger partial charge < -0.3 is 10.1 Å². The maximum absolute atomic E-state index is 10.5. The van der Waals surface area contributed by atoms with Crippen molar-refractivity contribution in [3.05, 3.63) is 40.9 Å². The molecule has 0 saturated heterocycles. The summed E-state index contributed by atoms with van der Waals surface area (Å²) in [7, 11) is 1.70. The molecule has 1 saturated carbocycles. The van der Waals surface area contributed by atoms with Crippen LogP contribution in [-0.2, 0) is 10.2 Å². The Morgan fingerprint density at radius 3 is 2.89 bits per heavy atom. The van der Waals surface area contributed by atoms with Gasteiger partial charge in [-0.15, -0.1) is 11.3 Å². The summed E-state index contributed by atoms with van der Waals surface area (Å²) in [5.74, 6) is 0.915. The Morgan fingerprint density at radius 2 is 2.21 bits per heavy atom. The number of hydrogen-bond donors (Lipinski definition) is 1. The number of rotatable bonds is 5. The van der Waals surface area contributed by atoms with Gasteiger partial charge in [0.1, 0.15) is 5.75 Å². The highest BCUT2D eigenvalue weighted by Gasteiger charge is 2.49. The van der Waals surface area contributed by atoms with E-state index in [9.17, 15) is 4.79 Å². The Hall–Kier alpha value is -1.88. The van der Waals surface area contributed by atoms with Gasteiger partial charge >= 0.3 is 0 Å². The van der Waals surface area contributed by atoms with Gasteiger partial charge in [0.15, 0.2) is 5.13 Å². The smallest absolute Gasteiger partial charge is 0.213 e. The Balaban J connectivity index is 2.00. The average Bonchev–Trinajstić information content (AvgIpc) is 3.13. The van der Waals surface area contributed by atoms with E-state index in [1.54, 1.807) is 7.11 Å². The van der Waals surface area contributed by atoms with E-state index in [1.165, 1.54) is 21.8 Å². The molecular formula is C14H14N2O2S. The maximum atomic E-state index is 10.5. The van der Waals surface area contributed by atoms with Crippen LogP contribution in [0.3, 0.4) is 0 Å². The molecule has 0 unspecified atom stereocenters. The first-order valence-corrected chi connectivity index (χ1v) is 6.92. The van der Waals surface area contributed by atoms with Crippen LogP contribution in [0.25, 0.3) is 0 Å². The van der Waals surface area contributed by atoms with Crippen molar-refractivity contribution in [3.8, 4) is 5.75 Å². The lowest BCUT2D eigenvalue weighted by Gasteiger charge is -2.16. The zero-order chi connectivity index (χ0) is 13.3. The highest BCUT2D eigenvalue weighted by atomic mass is 32.1. The van der Waals surface area contributed by atoms with Crippen LogP contribution in [-0.4, -0.2) is 18.5 Å². The van der Waals surface area contributed by atoms with Crippen molar-refractivity contribution in [1.29, 1.82) is 0 Å². The van der Waals surface area contributed by atoms with Crippen LogP contribution in [0.1, 0.15) is 23.3 Å². The largest absolute Gasteiger partial charge is 0.496 e. The van der Waals surface area contributed by atoms with Crippen LogP contribution in [0.2, 0.25) is 0 Å². The van der Waals surface area contributed by atoms with Crippen molar-refractivity contribution in [1.82, 2.24) is 4.98 Å². The molecule has 98 valence electrons. The number of ether oxygens (including phenoxy) is 1. The molecule has 1 aliphatic rings. The second-order valence-corrected chi connectivity index (χ2v) is 5.60. The minimum absolute atomic E-state index is 0.0209. The molecular weight excluding hydrogens is 260 g/mol. The Bertz CT molecular complexity index is 605. The third-order valence-electron chi connectivity index (χ3n) is 3.53. The lowest BCUT2D eigenvalue weighted by Crippen LogP contribution is -2.08. The predicted molar refractivity (Wildman–Crippen MR) is 74.8 cm³/mol. The molecule has 2 aromatic rings. The average molecular weight is 274 g/mol. The monoisotopic (exact) mass is 274 g/mol. The van der Waals surface area contributed by atoms with Crippen LogP contribution >= 0.6 is 11.3 Å². The van der Waals surface area contributed by atoms with Gasteiger partial charge in [0.25, 0.3) is 0 Å². The van der Waals surface area contributed by atoms with Gasteiger partial charge in [0.2, 0.25) is 6.41 Å². The van der Waals surface area contributed by atoms with E-state index in [-0.39, 0.29) is 5.41 Å². The Kier molecular flexibility index (Phi) is 2.98. The van der Waals surface area contributed by atoms with E-state index in [0.29, 0.717) is 11.5 Å². The molecule has 4 nitrogen and oxygen atoms in total. The molecule has 1 amide bonds. The number of carbonyl (C=O) groups is 1. The van der Waals surface area contributed by atoms with Crippen LogP contribution in [0.4, 0.5) is 5.13 Å². The number of para-hydroxylation sites is 1. The molecule has 19 heavy (non-hydrogen) atoms. The number of nitrogens with one attached hydrogen (secondary N) is 1. The summed E-state index contributed by atoms with van der Waals surface area (Å²) >= 11 is 1.53. The summed E-state index contributed by atoms with van der Waals surface area (Å²) in [4.78, 5) is 15.9. The van der Waals surface area contributed by atoms with Gasteiger partial charge in [-0.2, -0.15) is 0 Å². The van der Waals surface area contributed by atoms with Crippen molar-refractivity contribution >= 4 is 22.9 Å². The summed E-state index contributed by atoms with van der Waals surface area (Å²) in [6.45, 7) is 0. The molecule has 0 bridgehead atoms. The number of carbonyl (C=O) groups excluding carboxylic acids is 1. The third kappa shape index (κ3) is 2.00. The molecule has 0 spiro atoms. The van der Waals surface area contributed by atoms with Crippen LogP contribution < -0.4 is 10.1 Å². The molecule has 0 atom stereocenters. The van der Waals surface area contributed by atoms with E-state index in [4.69, 9.17) is 4.74 Å². The predicted octanol–water partition coefficient (Wildman–Crippen LogP) is 2.80. The van der Waals surface area contributed by atoms with Crippen molar-refractivity contribution in [2.75, 3.05) is 12.4 Å². The highest BCUT2D eigenvalue weighted by Crippen LogP contribution is 2.57. The van der Waals surface area contributed by atoms with Crippen LogP contribution in [0, 0.1) is 0 Å². The van der Waals surface area contributed by atoms with Crippen molar-refractivity contribution < 1.29 is 9.53 Å². The third-order valence-corrected chi connectivity index (χ3v) is 4.66. The SMILES string of the molecule is COc1ccccc1C1(c2cnc(NC=O)s2)CC1. The fourth-order valence-corrected chi connectivity index (χ4v) is 3.46. The summed E-state index contributed by atoms with van der Waals surface area (Å²) in [5.41, 5.74) is 1.23. The minimum Gasteiger partial charge on any atom is -0.496 e. The van der Waals surface area contributed by atoms with E-state index in [2.05, 4.69) is 16.4 Å². The normalized spacial score (nSPS) is 15.8.